The van der Waals surface area contributed by atoms with E-state index in [1.807, 2.05) is 0 Å². The highest BCUT2D eigenvalue weighted by molar-refractivity contribution is 7.99. The molecule has 0 radical (unpaired) electrons. The molecule has 0 amide bonds. The normalized spacial score (nSPS) is 12.4. The number of aryl methyl sites for hydroxylation is 2. The minimum atomic E-state index is -0.826. The highest BCUT2D eigenvalue weighted by atomic mass is 35.5. The fourth-order valence-electron chi connectivity index (χ4n) is 2.17. The van der Waals surface area contributed by atoms with Crippen LogP contribution in [0.25, 0.3) is 0 Å². The minimum Gasteiger partial charge on any atom is -0.477 e. The van der Waals surface area contributed by atoms with Crippen LogP contribution in [-0.4, -0.2) is 40.4 Å². The molecule has 0 bridgehead atoms. The standard InChI is InChI=1S/C16H17Cl2N3O4S/c1-8-10(7-19-23)15(21(3)20-8)26-14-6-13(11(17)5-12(14)18)25-9(2)16(22)24-4/h5-7,9,23H,1-4H3/t9-/m0/s1. The van der Waals surface area contributed by atoms with Crippen molar-refractivity contribution in [2.24, 2.45) is 12.2 Å². The fraction of sp³-hybridized carbons (Fsp3) is 0.312. The van der Waals surface area contributed by atoms with E-state index >= 15 is 0 Å². The molecule has 7 nitrogen and oxygen atoms in total. The van der Waals surface area contributed by atoms with Crippen LogP contribution in [-0.2, 0) is 16.6 Å². The summed E-state index contributed by atoms with van der Waals surface area (Å²) < 4.78 is 11.9. The molecule has 0 fully saturated rings. The Morgan fingerprint density at radius 1 is 1.42 bits per heavy atom. The summed E-state index contributed by atoms with van der Waals surface area (Å²) >= 11 is 13.8. The van der Waals surface area contributed by atoms with Crippen LogP contribution in [0.3, 0.4) is 0 Å². The largest absolute Gasteiger partial charge is 0.477 e. The van der Waals surface area contributed by atoms with Gasteiger partial charge in [0.2, 0.25) is 0 Å². The molecule has 10 heteroatoms. The maximum absolute atomic E-state index is 11.6. The summed E-state index contributed by atoms with van der Waals surface area (Å²) in [4.78, 5) is 12.2. The van der Waals surface area contributed by atoms with Crippen molar-refractivity contribution in [3.8, 4) is 5.75 Å². The number of hydrogen-bond acceptors (Lipinski definition) is 7. The molecule has 0 unspecified atom stereocenters. The second-order valence-corrected chi connectivity index (χ2v) is 7.12. The Kier molecular flexibility index (Phi) is 6.80. The molecule has 1 aromatic carbocycles. The van der Waals surface area contributed by atoms with Gasteiger partial charge in [0, 0.05) is 11.9 Å². The van der Waals surface area contributed by atoms with Crippen molar-refractivity contribution < 1.29 is 19.5 Å². The van der Waals surface area contributed by atoms with Crippen LogP contribution in [0.15, 0.2) is 27.2 Å². The van der Waals surface area contributed by atoms with Crippen LogP contribution >= 0.6 is 35.0 Å². The van der Waals surface area contributed by atoms with Crippen molar-refractivity contribution in [1.82, 2.24) is 9.78 Å². The smallest absolute Gasteiger partial charge is 0.346 e. The molecule has 0 saturated carbocycles. The van der Waals surface area contributed by atoms with Crippen LogP contribution in [0.2, 0.25) is 10.0 Å². The number of carbonyl (C=O) groups is 1. The summed E-state index contributed by atoms with van der Waals surface area (Å²) in [7, 11) is 3.05. The van der Waals surface area contributed by atoms with Gasteiger partial charge in [0.15, 0.2) is 6.10 Å². The first-order valence-electron chi connectivity index (χ1n) is 7.40. The van der Waals surface area contributed by atoms with Gasteiger partial charge in [0.1, 0.15) is 10.8 Å². The molecular weight excluding hydrogens is 401 g/mol. The number of aromatic nitrogens is 2. The van der Waals surface area contributed by atoms with E-state index < -0.39 is 12.1 Å². The van der Waals surface area contributed by atoms with E-state index in [9.17, 15) is 4.79 Å². The first-order chi connectivity index (χ1) is 12.3. The number of ether oxygens (including phenoxy) is 2. The lowest BCUT2D eigenvalue weighted by Gasteiger charge is -2.15. The van der Waals surface area contributed by atoms with Gasteiger partial charge in [-0.1, -0.05) is 40.1 Å². The van der Waals surface area contributed by atoms with Crippen molar-refractivity contribution >= 4 is 47.1 Å². The van der Waals surface area contributed by atoms with E-state index in [4.69, 9.17) is 33.1 Å². The average molecular weight is 418 g/mol. The van der Waals surface area contributed by atoms with E-state index in [0.29, 0.717) is 26.9 Å². The maximum Gasteiger partial charge on any atom is 0.346 e. The lowest BCUT2D eigenvalue weighted by Crippen LogP contribution is -2.25. The number of benzene rings is 1. The summed E-state index contributed by atoms with van der Waals surface area (Å²) in [5.74, 6) is -0.221. The van der Waals surface area contributed by atoms with Gasteiger partial charge in [0.05, 0.1) is 34.6 Å². The number of hydrogen-bond donors (Lipinski definition) is 1. The summed E-state index contributed by atoms with van der Waals surface area (Å²) in [5, 5.41) is 17.7. The molecule has 1 aromatic heterocycles. The van der Waals surface area contributed by atoms with E-state index in [1.165, 1.54) is 31.2 Å². The predicted octanol–water partition coefficient (Wildman–Crippen LogP) is 3.93. The zero-order valence-electron chi connectivity index (χ0n) is 14.5. The number of rotatable bonds is 6. The second-order valence-electron chi connectivity index (χ2n) is 5.27. The van der Waals surface area contributed by atoms with Crippen molar-refractivity contribution in [2.45, 2.75) is 29.9 Å². The molecular formula is C16H17Cl2N3O4S. The van der Waals surface area contributed by atoms with E-state index in [0.717, 1.165) is 5.03 Å². The van der Waals surface area contributed by atoms with Gasteiger partial charge in [-0.2, -0.15) is 5.10 Å². The van der Waals surface area contributed by atoms with Crippen molar-refractivity contribution in [3.63, 3.8) is 0 Å². The number of nitrogens with zero attached hydrogens (tertiary/aromatic N) is 3. The number of esters is 1. The zero-order valence-corrected chi connectivity index (χ0v) is 16.8. The maximum atomic E-state index is 11.6. The second kappa shape index (κ2) is 8.66. The van der Waals surface area contributed by atoms with Crippen molar-refractivity contribution in [1.29, 1.82) is 0 Å². The number of carbonyl (C=O) groups excluding carboxylic acids is 1. The Morgan fingerprint density at radius 2 is 2.12 bits per heavy atom. The van der Waals surface area contributed by atoms with Crippen LogP contribution in [0.1, 0.15) is 18.2 Å². The monoisotopic (exact) mass is 417 g/mol. The first kappa shape index (κ1) is 20.4. The van der Waals surface area contributed by atoms with Gasteiger partial charge < -0.3 is 14.7 Å². The van der Waals surface area contributed by atoms with Gasteiger partial charge in [-0.25, -0.2) is 4.79 Å². The number of methoxy groups -OCH3 is 1. The zero-order chi connectivity index (χ0) is 19.4. The molecule has 0 saturated heterocycles. The molecule has 0 aliphatic heterocycles. The molecule has 0 aliphatic rings. The highest BCUT2D eigenvalue weighted by Crippen LogP contribution is 2.41. The van der Waals surface area contributed by atoms with Crippen LogP contribution in [0.5, 0.6) is 5.75 Å². The third-order valence-electron chi connectivity index (χ3n) is 3.43. The molecule has 0 aliphatic carbocycles. The van der Waals surface area contributed by atoms with Gasteiger partial charge in [-0.15, -0.1) is 0 Å². The third-order valence-corrected chi connectivity index (χ3v) is 5.39. The minimum absolute atomic E-state index is 0.272. The molecule has 0 spiro atoms. The van der Waals surface area contributed by atoms with Gasteiger partial charge in [0.25, 0.3) is 0 Å². The highest BCUT2D eigenvalue weighted by Gasteiger charge is 2.20. The Labute approximate surface area is 164 Å². The lowest BCUT2D eigenvalue weighted by molar-refractivity contribution is -0.147. The van der Waals surface area contributed by atoms with E-state index in [-0.39, 0.29) is 5.02 Å². The van der Waals surface area contributed by atoms with Gasteiger partial charge in [-0.05, 0) is 26.0 Å². The Hall–Kier alpha value is -1.90. The molecule has 1 heterocycles. The Morgan fingerprint density at radius 3 is 2.73 bits per heavy atom. The van der Waals surface area contributed by atoms with Crippen molar-refractivity contribution in [2.75, 3.05) is 7.11 Å². The molecule has 2 aromatic rings. The molecule has 1 atom stereocenters. The molecule has 2 rings (SSSR count). The van der Waals surface area contributed by atoms with Crippen LogP contribution < -0.4 is 4.74 Å². The third kappa shape index (κ3) is 4.44. The van der Waals surface area contributed by atoms with Crippen molar-refractivity contribution in [3.05, 3.63) is 33.4 Å². The summed E-state index contributed by atoms with van der Waals surface area (Å²) in [6.45, 7) is 3.36. The molecule has 26 heavy (non-hydrogen) atoms. The average Bonchev–Trinajstić information content (AvgIpc) is 2.85. The van der Waals surface area contributed by atoms with Crippen LogP contribution in [0, 0.1) is 6.92 Å². The van der Waals surface area contributed by atoms with E-state index in [2.05, 4.69) is 15.0 Å². The number of halogens is 2. The first-order valence-corrected chi connectivity index (χ1v) is 8.98. The summed E-state index contributed by atoms with van der Waals surface area (Å²) in [5.41, 5.74) is 1.37. The van der Waals surface area contributed by atoms with E-state index in [1.54, 1.807) is 31.6 Å². The lowest BCUT2D eigenvalue weighted by atomic mass is 10.3. The SMILES string of the molecule is COC(=O)[C@H](C)Oc1cc(Sc2c(C=NO)c(C)nn2C)c(Cl)cc1Cl. The Bertz CT molecular complexity index is 855. The number of oxime groups is 1. The fourth-order valence-corrected chi connectivity index (χ4v) is 3.73. The summed E-state index contributed by atoms with van der Waals surface area (Å²) in [6, 6.07) is 3.17. The summed E-state index contributed by atoms with van der Waals surface area (Å²) in [6.07, 6.45) is 0.484. The predicted molar refractivity (Wildman–Crippen MR) is 100 cm³/mol. The van der Waals surface area contributed by atoms with Gasteiger partial charge in [-0.3, -0.25) is 4.68 Å². The quantitative estimate of drug-likeness (QED) is 0.331. The molecule has 1 N–H and O–H groups in total. The van der Waals surface area contributed by atoms with Crippen LogP contribution in [0.4, 0.5) is 0 Å². The Balaban J connectivity index is 2.39. The van der Waals surface area contributed by atoms with Gasteiger partial charge >= 0.3 is 5.97 Å². The topological polar surface area (TPSA) is 85.9 Å². The molecule has 140 valence electrons.